The number of rotatable bonds is 5. The molecular weight excluding hydrogens is 354 g/mol. The first-order valence-corrected chi connectivity index (χ1v) is 9.68. The Balaban J connectivity index is 1.39. The maximum absolute atomic E-state index is 12.5. The van der Waals surface area contributed by atoms with E-state index in [1.165, 1.54) is 6.42 Å². The van der Waals surface area contributed by atoms with Crippen LogP contribution in [-0.2, 0) is 11.3 Å². The Morgan fingerprint density at radius 3 is 2.75 bits per heavy atom. The van der Waals surface area contributed by atoms with Crippen LogP contribution in [0.25, 0.3) is 5.65 Å². The van der Waals surface area contributed by atoms with Gasteiger partial charge in [-0.1, -0.05) is 31.4 Å². The van der Waals surface area contributed by atoms with Crippen molar-refractivity contribution in [2.45, 2.75) is 38.6 Å². The van der Waals surface area contributed by atoms with Gasteiger partial charge in [0.1, 0.15) is 0 Å². The van der Waals surface area contributed by atoms with E-state index < -0.39 is 0 Å². The Hall–Kier alpha value is -3.22. The summed E-state index contributed by atoms with van der Waals surface area (Å²) >= 11 is 0. The lowest BCUT2D eigenvalue weighted by atomic mass is 9.88. The highest BCUT2D eigenvalue weighted by Crippen LogP contribution is 2.25. The van der Waals surface area contributed by atoms with Gasteiger partial charge >= 0.3 is 0 Å². The van der Waals surface area contributed by atoms with Crippen molar-refractivity contribution in [2.24, 2.45) is 5.92 Å². The van der Waals surface area contributed by atoms with Crippen molar-refractivity contribution < 1.29 is 9.59 Å². The molecule has 4 rings (SSSR count). The van der Waals surface area contributed by atoms with E-state index in [-0.39, 0.29) is 24.3 Å². The molecule has 3 aromatic rings. The first kappa shape index (κ1) is 18.2. The molecule has 7 heteroatoms. The summed E-state index contributed by atoms with van der Waals surface area (Å²) in [6.07, 6.45) is 7.17. The van der Waals surface area contributed by atoms with Gasteiger partial charge in [0, 0.05) is 23.4 Å². The largest absolute Gasteiger partial charge is 0.345 e. The predicted molar refractivity (Wildman–Crippen MR) is 106 cm³/mol. The number of amides is 2. The van der Waals surface area contributed by atoms with Crippen LogP contribution < -0.4 is 10.6 Å². The first-order valence-electron chi connectivity index (χ1n) is 9.68. The Labute approximate surface area is 163 Å². The van der Waals surface area contributed by atoms with Gasteiger partial charge < -0.3 is 10.6 Å². The Morgan fingerprint density at radius 2 is 1.89 bits per heavy atom. The summed E-state index contributed by atoms with van der Waals surface area (Å²) in [4.78, 5) is 25.0. The second-order valence-electron chi connectivity index (χ2n) is 7.13. The van der Waals surface area contributed by atoms with Gasteiger partial charge in [0.25, 0.3) is 5.91 Å². The Bertz CT molecular complexity index is 991. The number of nitrogens with one attached hydrogen (secondary N) is 2. The van der Waals surface area contributed by atoms with Crippen LogP contribution in [0.1, 0.15) is 48.3 Å². The van der Waals surface area contributed by atoms with Crippen LogP contribution >= 0.6 is 0 Å². The van der Waals surface area contributed by atoms with Gasteiger partial charge in [-0.2, -0.15) is 0 Å². The van der Waals surface area contributed by atoms with E-state index in [2.05, 4.69) is 20.8 Å². The lowest BCUT2D eigenvalue weighted by Gasteiger charge is -2.20. The van der Waals surface area contributed by atoms with Crippen LogP contribution in [0, 0.1) is 5.92 Å². The quantitative estimate of drug-likeness (QED) is 0.715. The van der Waals surface area contributed by atoms with Crippen LogP contribution in [0.3, 0.4) is 0 Å². The highest BCUT2D eigenvalue weighted by molar-refractivity contribution is 5.97. The number of hydrogen-bond acceptors (Lipinski definition) is 4. The fraction of sp³-hybridized carbons (Fsp3) is 0.333. The molecule has 1 aliphatic rings. The van der Waals surface area contributed by atoms with Crippen molar-refractivity contribution in [1.29, 1.82) is 0 Å². The summed E-state index contributed by atoms with van der Waals surface area (Å²) in [6, 6.07) is 12.7. The molecular formula is C21H23N5O2. The summed E-state index contributed by atoms with van der Waals surface area (Å²) in [5, 5.41) is 14.0. The molecule has 1 fully saturated rings. The second-order valence-corrected chi connectivity index (χ2v) is 7.13. The molecule has 0 atom stereocenters. The van der Waals surface area contributed by atoms with E-state index in [9.17, 15) is 9.59 Å². The Kier molecular flexibility index (Phi) is 5.32. The minimum Gasteiger partial charge on any atom is -0.345 e. The maximum atomic E-state index is 12.5. The van der Waals surface area contributed by atoms with E-state index in [1.807, 2.05) is 34.9 Å². The van der Waals surface area contributed by atoms with Crippen molar-refractivity contribution in [3.05, 3.63) is 60.0 Å². The van der Waals surface area contributed by atoms with Crippen molar-refractivity contribution in [1.82, 2.24) is 19.9 Å². The molecule has 0 aliphatic heterocycles. The zero-order chi connectivity index (χ0) is 19.3. The molecule has 0 spiro atoms. The van der Waals surface area contributed by atoms with Crippen LogP contribution in [0.15, 0.2) is 48.7 Å². The minimum absolute atomic E-state index is 0.0483. The van der Waals surface area contributed by atoms with E-state index in [4.69, 9.17) is 0 Å². The molecule has 2 amide bonds. The SMILES string of the molecule is O=C(NCc1nnc2ccccn12)c1cccc(NC(=O)C2CCCCC2)c1. The standard InChI is InChI=1S/C21H23N5O2/c27-20(22-14-19-25-24-18-11-4-5-12-26(18)19)16-9-6-10-17(13-16)23-21(28)15-7-2-1-3-8-15/h4-6,9-13,15H,1-3,7-8,14H2,(H,22,27)(H,23,28). The van der Waals surface area contributed by atoms with Gasteiger partial charge in [-0.15, -0.1) is 10.2 Å². The lowest BCUT2D eigenvalue weighted by molar-refractivity contribution is -0.120. The van der Waals surface area contributed by atoms with Gasteiger partial charge in [-0.25, -0.2) is 0 Å². The third-order valence-electron chi connectivity index (χ3n) is 5.16. The normalized spacial score (nSPS) is 14.7. The fourth-order valence-electron chi connectivity index (χ4n) is 3.62. The number of carbonyl (C=O) groups excluding carboxylic acids is 2. The minimum atomic E-state index is -0.221. The zero-order valence-corrected chi connectivity index (χ0v) is 15.6. The molecule has 0 radical (unpaired) electrons. The maximum Gasteiger partial charge on any atom is 0.251 e. The zero-order valence-electron chi connectivity index (χ0n) is 15.6. The van der Waals surface area contributed by atoms with Crippen molar-refractivity contribution in [3.8, 4) is 0 Å². The topological polar surface area (TPSA) is 88.4 Å². The average molecular weight is 377 g/mol. The number of hydrogen-bond donors (Lipinski definition) is 2. The molecule has 0 saturated heterocycles. The predicted octanol–water partition coefficient (Wildman–Crippen LogP) is 3.18. The average Bonchev–Trinajstić information content (AvgIpc) is 3.16. The van der Waals surface area contributed by atoms with Gasteiger partial charge in [0.15, 0.2) is 11.5 Å². The van der Waals surface area contributed by atoms with Crippen LogP contribution in [0.4, 0.5) is 5.69 Å². The molecule has 1 aromatic carbocycles. The smallest absolute Gasteiger partial charge is 0.251 e. The van der Waals surface area contributed by atoms with Gasteiger partial charge in [-0.05, 0) is 43.2 Å². The third-order valence-corrected chi connectivity index (χ3v) is 5.16. The highest BCUT2D eigenvalue weighted by Gasteiger charge is 2.21. The molecule has 0 bridgehead atoms. The van der Waals surface area contributed by atoms with Crippen molar-refractivity contribution >= 4 is 23.1 Å². The van der Waals surface area contributed by atoms with Crippen molar-refractivity contribution in [2.75, 3.05) is 5.32 Å². The molecule has 1 saturated carbocycles. The van der Waals surface area contributed by atoms with E-state index in [1.54, 1.807) is 18.2 Å². The molecule has 2 heterocycles. The lowest BCUT2D eigenvalue weighted by Crippen LogP contribution is -2.26. The second kappa shape index (κ2) is 8.21. The van der Waals surface area contributed by atoms with E-state index >= 15 is 0 Å². The van der Waals surface area contributed by atoms with E-state index in [0.717, 1.165) is 31.3 Å². The van der Waals surface area contributed by atoms with Gasteiger partial charge in [-0.3, -0.25) is 14.0 Å². The number of benzene rings is 1. The molecule has 1 aliphatic carbocycles. The number of aromatic nitrogens is 3. The number of nitrogens with zero attached hydrogens (tertiary/aromatic N) is 3. The number of fused-ring (bicyclic) bond motifs is 1. The number of pyridine rings is 1. The van der Waals surface area contributed by atoms with Gasteiger partial charge in [0.05, 0.1) is 6.54 Å². The summed E-state index contributed by atoms with van der Waals surface area (Å²) in [5.41, 5.74) is 1.88. The van der Waals surface area contributed by atoms with Crippen LogP contribution in [0.2, 0.25) is 0 Å². The molecule has 0 unspecified atom stereocenters. The first-order chi connectivity index (χ1) is 13.7. The number of anilines is 1. The third kappa shape index (κ3) is 4.03. The molecule has 144 valence electrons. The highest BCUT2D eigenvalue weighted by atomic mass is 16.2. The molecule has 7 nitrogen and oxygen atoms in total. The molecule has 28 heavy (non-hydrogen) atoms. The summed E-state index contributed by atoms with van der Waals surface area (Å²) in [5.74, 6) is 0.562. The van der Waals surface area contributed by atoms with E-state index in [0.29, 0.717) is 17.1 Å². The Morgan fingerprint density at radius 1 is 1.04 bits per heavy atom. The van der Waals surface area contributed by atoms with Crippen LogP contribution in [0.5, 0.6) is 0 Å². The van der Waals surface area contributed by atoms with Crippen molar-refractivity contribution in [3.63, 3.8) is 0 Å². The summed E-state index contributed by atoms with van der Waals surface area (Å²) in [7, 11) is 0. The monoisotopic (exact) mass is 377 g/mol. The molecule has 2 N–H and O–H groups in total. The van der Waals surface area contributed by atoms with Crippen LogP contribution in [-0.4, -0.2) is 26.4 Å². The summed E-state index contributed by atoms with van der Waals surface area (Å²) in [6.45, 7) is 0.267. The van der Waals surface area contributed by atoms with Gasteiger partial charge in [0.2, 0.25) is 5.91 Å². The number of carbonyl (C=O) groups is 2. The molecule has 2 aromatic heterocycles. The fourth-order valence-corrected chi connectivity index (χ4v) is 3.62. The summed E-state index contributed by atoms with van der Waals surface area (Å²) < 4.78 is 1.83.